The molecule has 18 heavy (non-hydrogen) atoms. The molecule has 0 aromatic heterocycles. The summed E-state index contributed by atoms with van der Waals surface area (Å²) in [6.07, 6.45) is 0. The molecule has 0 bridgehead atoms. The monoisotopic (exact) mass is 309 g/mol. The van der Waals surface area contributed by atoms with Gasteiger partial charge in [-0.2, -0.15) is 0 Å². The fourth-order valence-electron chi connectivity index (χ4n) is 1.59. The van der Waals surface area contributed by atoms with E-state index < -0.39 is 0 Å². The molecular formula is C14H13BrFNO. The molecule has 0 atom stereocenters. The fraction of sp³-hybridized carbons (Fsp3) is 0.143. The number of hydrogen-bond donors (Lipinski definition) is 2. The second-order valence-corrected chi connectivity index (χ2v) is 4.87. The Morgan fingerprint density at radius 3 is 2.33 bits per heavy atom. The molecule has 4 heteroatoms. The van der Waals surface area contributed by atoms with Crippen LogP contribution in [0.5, 0.6) is 0 Å². The predicted octanol–water partition coefficient (Wildman–Crippen LogP) is 3.69. The molecule has 0 spiro atoms. The number of halogens is 2. The lowest BCUT2D eigenvalue weighted by Gasteiger charge is -2.08. The van der Waals surface area contributed by atoms with Gasteiger partial charge in [-0.25, -0.2) is 4.39 Å². The second-order valence-electron chi connectivity index (χ2n) is 3.95. The van der Waals surface area contributed by atoms with Crippen LogP contribution in [0.1, 0.15) is 11.1 Å². The van der Waals surface area contributed by atoms with Gasteiger partial charge < -0.3 is 10.4 Å². The van der Waals surface area contributed by atoms with Crippen molar-refractivity contribution in [1.82, 2.24) is 0 Å². The Morgan fingerprint density at radius 1 is 1.06 bits per heavy atom. The average molecular weight is 310 g/mol. The lowest BCUT2D eigenvalue weighted by atomic mass is 10.1. The van der Waals surface area contributed by atoms with Crippen LogP contribution in [0.3, 0.4) is 0 Å². The SMILES string of the molecule is OCc1ccc(CNc2ccc(Br)cc2F)cc1. The maximum Gasteiger partial charge on any atom is 0.147 e. The van der Waals surface area contributed by atoms with Gasteiger partial charge >= 0.3 is 0 Å². The Balaban J connectivity index is 2.02. The van der Waals surface area contributed by atoms with Gasteiger partial charge in [-0.15, -0.1) is 0 Å². The zero-order chi connectivity index (χ0) is 13.0. The molecule has 0 amide bonds. The van der Waals surface area contributed by atoms with Crippen LogP contribution in [0.25, 0.3) is 0 Å². The van der Waals surface area contributed by atoms with Crippen molar-refractivity contribution in [2.45, 2.75) is 13.2 Å². The molecule has 2 aromatic carbocycles. The van der Waals surface area contributed by atoms with Crippen molar-refractivity contribution in [3.8, 4) is 0 Å². The summed E-state index contributed by atoms with van der Waals surface area (Å²) < 4.78 is 14.3. The highest BCUT2D eigenvalue weighted by atomic mass is 79.9. The smallest absolute Gasteiger partial charge is 0.147 e. The van der Waals surface area contributed by atoms with Crippen LogP contribution in [0, 0.1) is 5.82 Å². The minimum absolute atomic E-state index is 0.0368. The highest BCUT2D eigenvalue weighted by molar-refractivity contribution is 9.10. The molecule has 0 fully saturated rings. The number of aliphatic hydroxyl groups excluding tert-OH is 1. The van der Waals surface area contributed by atoms with E-state index in [9.17, 15) is 4.39 Å². The van der Waals surface area contributed by atoms with Gasteiger partial charge in [0.15, 0.2) is 0 Å². The number of anilines is 1. The first kappa shape index (κ1) is 13.1. The van der Waals surface area contributed by atoms with Crippen molar-refractivity contribution in [2.75, 3.05) is 5.32 Å². The van der Waals surface area contributed by atoms with E-state index in [1.54, 1.807) is 12.1 Å². The predicted molar refractivity (Wildman–Crippen MR) is 73.8 cm³/mol. The van der Waals surface area contributed by atoms with Crippen LogP contribution >= 0.6 is 15.9 Å². The summed E-state index contributed by atoms with van der Waals surface area (Å²) in [5, 5.41) is 12.0. The van der Waals surface area contributed by atoms with Crippen molar-refractivity contribution in [3.05, 3.63) is 63.9 Å². The zero-order valence-corrected chi connectivity index (χ0v) is 11.2. The maximum absolute atomic E-state index is 13.5. The summed E-state index contributed by atoms with van der Waals surface area (Å²) in [5.74, 6) is -0.281. The highest BCUT2D eigenvalue weighted by Crippen LogP contribution is 2.20. The number of benzene rings is 2. The molecule has 2 rings (SSSR count). The van der Waals surface area contributed by atoms with Gasteiger partial charge in [0.1, 0.15) is 5.82 Å². The van der Waals surface area contributed by atoms with Crippen molar-refractivity contribution < 1.29 is 9.50 Å². The van der Waals surface area contributed by atoms with Gasteiger partial charge in [-0.3, -0.25) is 0 Å². The largest absolute Gasteiger partial charge is 0.392 e. The van der Waals surface area contributed by atoms with E-state index in [0.29, 0.717) is 12.2 Å². The summed E-state index contributed by atoms with van der Waals surface area (Å²) in [4.78, 5) is 0. The van der Waals surface area contributed by atoms with Crippen LogP contribution in [-0.4, -0.2) is 5.11 Å². The first-order chi connectivity index (χ1) is 8.69. The molecule has 0 aliphatic heterocycles. The van der Waals surface area contributed by atoms with Gasteiger partial charge in [0.2, 0.25) is 0 Å². The lowest BCUT2D eigenvalue weighted by molar-refractivity contribution is 0.282. The van der Waals surface area contributed by atoms with Crippen molar-refractivity contribution in [1.29, 1.82) is 0 Å². The van der Waals surface area contributed by atoms with E-state index in [1.165, 1.54) is 6.07 Å². The van der Waals surface area contributed by atoms with E-state index in [0.717, 1.165) is 15.6 Å². The first-order valence-corrected chi connectivity index (χ1v) is 6.36. The molecule has 2 aromatic rings. The van der Waals surface area contributed by atoms with Gasteiger partial charge in [-0.05, 0) is 29.3 Å². The highest BCUT2D eigenvalue weighted by Gasteiger charge is 2.02. The molecular weight excluding hydrogens is 297 g/mol. The Hall–Kier alpha value is -1.39. The number of aliphatic hydroxyl groups is 1. The zero-order valence-electron chi connectivity index (χ0n) is 9.66. The molecule has 0 saturated carbocycles. The minimum Gasteiger partial charge on any atom is -0.392 e. The Bertz CT molecular complexity index is 528. The van der Waals surface area contributed by atoms with E-state index in [4.69, 9.17) is 5.11 Å². The summed E-state index contributed by atoms with van der Waals surface area (Å²) >= 11 is 3.22. The Kier molecular flexibility index (Phi) is 4.33. The maximum atomic E-state index is 13.5. The van der Waals surface area contributed by atoms with Crippen LogP contribution < -0.4 is 5.32 Å². The third-order valence-electron chi connectivity index (χ3n) is 2.62. The third kappa shape index (κ3) is 3.31. The van der Waals surface area contributed by atoms with E-state index in [1.807, 2.05) is 24.3 Å². The van der Waals surface area contributed by atoms with Gasteiger partial charge in [0.05, 0.1) is 12.3 Å². The molecule has 2 nitrogen and oxygen atoms in total. The minimum atomic E-state index is -0.281. The first-order valence-electron chi connectivity index (χ1n) is 5.56. The van der Waals surface area contributed by atoms with E-state index in [2.05, 4.69) is 21.2 Å². The van der Waals surface area contributed by atoms with Gasteiger partial charge in [0.25, 0.3) is 0 Å². The molecule has 0 saturated heterocycles. The lowest BCUT2D eigenvalue weighted by Crippen LogP contribution is -2.01. The van der Waals surface area contributed by atoms with Crippen molar-refractivity contribution >= 4 is 21.6 Å². The molecule has 2 N–H and O–H groups in total. The molecule has 94 valence electrons. The number of nitrogens with one attached hydrogen (secondary N) is 1. The Labute approximate surface area is 114 Å². The quantitative estimate of drug-likeness (QED) is 0.902. The molecule has 0 radical (unpaired) electrons. The van der Waals surface area contributed by atoms with Crippen molar-refractivity contribution in [2.24, 2.45) is 0 Å². The molecule has 0 aliphatic rings. The Morgan fingerprint density at radius 2 is 1.72 bits per heavy atom. The summed E-state index contributed by atoms with van der Waals surface area (Å²) in [6.45, 7) is 0.583. The van der Waals surface area contributed by atoms with E-state index in [-0.39, 0.29) is 12.4 Å². The fourth-order valence-corrected chi connectivity index (χ4v) is 1.93. The topological polar surface area (TPSA) is 32.3 Å². The molecule has 0 heterocycles. The standard InChI is InChI=1S/C14H13BrFNO/c15-12-5-6-14(13(16)7-12)17-8-10-1-3-11(9-18)4-2-10/h1-7,17-18H,8-9H2. The van der Waals surface area contributed by atoms with E-state index >= 15 is 0 Å². The van der Waals surface area contributed by atoms with Crippen LogP contribution in [0.4, 0.5) is 10.1 Å². The second kappa shape index (κ2) is 5.98. The molecule has 0 unspecified atom stereocenters. The normalized spacial score (nSPS) is 10.4. The van der Waals surface area contributed by atoms with Gasteiger partial charge in [0, 0.05) is 11.0 Å². The summed E-state index contributed by atoms with van der Waals surface area (Å²) in [5.41, 5.74) is 2.38. The molecule has 0 aliphatic carbocycles. The summed E-state index contributed by atoms with van der Waals surface area (Å²) in [6, 6.07) is 12.5. The average Bonchev–Trinajstić information content (AvgIpc) is 2.38. The van der Waals surface area contributed by atoms with Crippen LogP contribution in [0.15, 0.2) is 46.9 Å². The van der Waals surface area contributed by atoms with Crippen molar-refractivity contribution in [3.63, 3.8) is 0 Å². The summed E-state index contributed by atoms with van der Waals surface area (Å²) in [7, 11) is 0. The number of rotatable bonds is 4. The third-order valence-corrected chi connectivity index (χ3v) is 3.11. The van der Waals surface area contributed by atoms with Crippen LogP contribution in [-0.2, 0) is 13.2 Å². The van der Waals surface area contributed by atoms with Crippen LogP contribution in [0.2, 0.25) is 0 Å². The van der Waals surface area contributed by atoms with Gasteiger partial charge in [-0.1, -0.05) is 40.2 Å². The number of hydrogen-bond acceptors (Lipinski definition) is 2.